The van der Waals surface area contributed by atoms with Gasteiger partial charge in [0, 0.05) is 24.8 Å². The van der Waals surface area contributed by atoms with Crippen LogP contribution in [-0.2, 0) is 23.0 Å². The maximum atomic E-state index is 13.0. The minimum absolute atomic E-state index is 0.0255. The van der Waals surface area contributed by atoms with Gasteiger partial charge in [0.2, 0.25) is 5.91 Å². The second-order valence-electron chi connectivity index (χ2n) is 6.19. The number of rotatable bonds is 3. The van der Waals surface area contributed by atoms with Crippen molar-refractivity contribution in [2.75, 3.05) is 19.8 Å². The van der Waals surface area contributed by atoms with Crippen LogP contribution in [0.2, 0.25) is 0 Å². The molecule has 1 aliphatic rings. The van der Waals surface area contributed by atoms with Gasteiger partial charge in [0.15, 0.2) is 0 Å². The third-order valence-corrected chi connectivity index (χ3v) is 4.62. The van der Waals surface area contributed by atoms with E-state index in [9.17, 15) is 9.18 Å². The molecule has 1 fully saturated rings. The van der Waals surface area contributed by atoms with Crippen molar-refractivity contribution in [2.45, 2.75) is 26.3 Å². The first-order valence-electron chi connectivity index (χ1n) is 8.09. The maximum Gasteiger partial charge on any atom is 0.227 e. The number of aryl methyl sites for hydroxylation is 2. The summed E-state index contributed by atoms with van der Waals surface area (Å²) in [5.41, 5.74) is 3.84. The quantitative estimate of drug-likeness (QED) is 0.867. The van der Waals surface area contributed by atoms with Gasteiger partial charge in [-0.3, -0.25) is 9.48 Å². The number of carbonyl (C=O) groups excluding carboxylic acids is 1. The molecular weight excluding hydrogens is 309 g/mol. The number of amides is 1. The summed E-state index contributed by atoms with van der Waals surface area (Å²) in [6.07, 6.45) is 0.259. The Morgan fingerprint density at radius 3 is 2.67 bits per heavy atom. The minimum Gasteiger partial charge on any atom is -0.377 e. The summed E-state index contributed by atoms with van der Waals surface area (Å²) in [5, 5.41) is 4.45. The monoisotopic (exact) mass is 331 g/mol. The third kappa shape index (κ3) is 3.19. The zero-order valence-electron chi connectivity index (χ0n) is 14.3. The number of ether oxygens (including phenoxy) is 1. The summed E-state index contributed by atoms with van der Waals surface area (Å²) in [5.74, 6) is -0.269. The summed E-state index contributed by atoms with van der Waals surface area (Å²) in [6, 6.07) is 5.95. The molecule has 1 aromatic carbocycles. The predicted molar refractivity (Wildman–Crippen MR) is 88.1 cm³/mol. The van der Waals surface area contributed by atoms with E-state index in [0.29, 0.717) is 19.8 Å². The number of benzene rings is 1. The van der Waals surface area contributed by atoms with Gasteiger partial charge in [0.25, 0.3) is 0 Å². The highest BCUT2D eigenvalue weighted by molar-refractivity contribution is 5.79. The van der Waals surface area contributed by atoms with E-state index in [-0.39, 0.29) is 24.2 Å². The van der Waals surface area contributed by atoms with E-state index in [1.165, 1.54) is 12.1 Å². The average Bonchev–Trinajstić information content (AvgIpc) is 2.82. The van der Waals surface area contributed by atoms with Crippen LogP contribution in [0.3, 0.4) is 0 Å². The lowest BCUT2D eigenvalue weighted by atomic mass is 10.0. The van der Waals surface area contributed by atoms with Gasteiger partial charge < -0.3 is 9.64 Å². The van der Waals surface area contributed by atoms with Crippen LogP contribution >= 0.6 is 0 Å². The lowest BCUT2D eigenvalue weighted by Crippen LogP contribution is -2.44. The molecule has 1 saturated heterocycles. The van der Waals surface area contributed by atoms with Crippen molar-refractivity contribution in [3.8, 4) is 0 Å². The number of nitrogens with zero attached hydrogens (tertiary/aromatic N) is 3. The Morgan fingerprint density at radius 2 is 2.04 bits per heavy atom. The van der Waals surface area contributed by atoms with Crippen LogP contribution in [0.1, 0.15) is 28.6 Å². The number of hydrogen-bond acceptors (Lipinski definition) is 3. The summed E-state index contributed by atoms with van der Waals surface area (Å²) < 4.78 is 20.5. The normalized spacial score (nSPS) is 18.0. The summed E-state index contributed by atoms with van der Waals surface area (Å²) in [6.45, 7) is 5.52. The Balaban J connectivity index is 1.84. The molecule has 6 heteroatoms. The van der Waals surface area contributed by atoms with Crippen LogP contribution in [0.5, 0.6) is 0 Å². The lowest BCUT2D eigenvalue weighted by Gasteiger charge is -2.36. The highest BCUT2D eigenvalue weighted by atomic mass is 19.1. The van der Waals surface area contributed by atoms with Crippen LogP contribution in [0.15, 0.2) is 24.3 Å². The third-order valence-electron chi connectivity index (χ3n) is 4.62. The van der Waals surface area contributed by atoms with Gasteiger partial charge >= 0.3 is 0 Å². The fourth-order valence-electron chi connectivity index (χ4n) is 3.29. The van der Waals surface area contributed by atoms with Crippen molar-refractivity contribution in [1.29, 1.82) is 0 Å². The number of morpholine rings is 1. The fraction of sp³-hybridized carbons (Fsp3) is 0.444. The van der Waals surface area contributed by atoms with E-state index in [0.717, 1.165) is 22.5 Å². The molecule has 0 spiro atoms. The van der Waals surface area contributed by atoms with E-state index >= 15 is 0 Å². The van der Waals surface area contributed by atoms with E-state index in [1.807, 2.05) is 30.5 Å². The Hall–Kier alpha value is -2.21. The molecule has 24 heavy (non-hydrogen) atoms. The molecule has 1 aliphatic heterocycles. The summed E-state index contributed by atoms with van der Waals surface area (Å²) in [4.78, 5) is 14.7. The molecule has 1 amide bonds. The molecule has 3 rings (SSSR count). The van der Waals surface area contributed by atoms with Crippen molar-refractivity contribution in [2.24, 2.45) is 7.05 Å². The first-order valence-corrected chi connectivity index (χ1v) is 8.09. The first-order chi connectivity index (χ1) is 11.5. The van der Waals surface area contributed by atoms with Crippen LogP contribution < -0.4 is 0 Å². The van der Waals surface area contributed by atoms with Crippen molar-refractivity contribution >= 4 is 5.91 Å². The van der Waals surface area contributed by atoms with Gasteiger partial charge in [-0.05, 0) is 31.5 Å². The standard InChI is InChI=1S/C18H22FN3O2/c1-12-18(13(2)21(3)20-12)16-11-24-9-8-22(16)17(23)10-14-4-6-15(19)7-5-14/h4-7,16H,8-11H2,1-3H3/t16-/m0/s1. The molecule has 1 aromatic heterocycles. The van der Waals surface area contributed by atoms with Crippen molar-refractivity contribution in [3.63, 3.8) is 0 Å². The number of carbonyl (C=O) groups is 1. The van der Waals surface area contributed by atoms with Gasteiger partial charge in [-0.2, -0.15) is 5.10 Å². The van der Waals surface area contributed by atoms with Gasteiger partial charge in [0.1, 0.15) is 5.82 Å². The van der Waals surface area contributed by atoms with E-state index in [4.69, 9.17) is 4.74 Å². The highest BCUT2D eigenvalue weighted by Gasteiger charge is 2.32. The number of halogens is 1. The van der Waals surface area contributed by atoms with E-state index in [1.54, 1.807) is 12.1 Å². The molecular formula is C18H22FN3O2. The van der Waals surface area contributed by atoms with Gasteiger partial charge in [-0.15, -0.1) is 0 Å². The second kappa shape index (κ2) is 6.73. The van der Waals surface area contributed by atoms with Crippen molar-refractivity contribution in [1.82, 2.24) is 14.7 Å². The lowest BCUT2D eigenvalue weighted by molar-refractivity contribution is -0.139. The van der Waals surface area contributed by atoms with Crippen LogP contribution in [-0.4, -0.2) is 40.3 Å². The molecule has 128 valence electrons. The molecule has 0 bridgehead atoms. The van der Waals surface area contributed by atoms with Crippen molar-refractivity contribution in [3.05, 3.63) is 52.6 Å². The Kier molecular flexibility index (Phi) is 4.66. The minimum atomic E-state index is -0.294. The molecule has 5 nitrogen and oxygen atoms in total. The van der Waals surface area contributed by atoms with Crippen molar-refractivity contribution < 1.29 is 13.9 Å². The predicted octanol–water partition coefficient (Wildman–Crippen LogP) is 2.32. The van der Waals surface area contributed by atoms with Gasteiger partial charge in [-0.1, -0.05) is 12.1 Å². The molecule has 0 aliphatic carbocycles. The van der Waals surface area contributed by atoms with Crippen LogP contribution in [0.4, 0.5) is 4.39 Å². The molecule has 1 atom stereocenters. The highest BCUT2D eigenvalue weighted by Crippen LogP contribution is 2.29. The zero-order valence-corrected chi connectivity index (χ0v) is 14.3. The average molecular weight is 331 g/mol. The maximum absolute atomic E-state index is 13.0. The molecule has 2 heterocycles. The Bertz CT molecular complexity index is 739. The first kappa shape index (κ1) is 16.6. The van der Waals surface area contributed by atoms with Gasteiger partial charge in [0.05, 0.1) is 31.4 Å². The fourth-order valence-corrected chi connectivity index (χ4v) is 3.29. The SMILES string of the molecule is Cc1nn(C)c(C)c1[C@@H]1COCCN1C(=O)Cc1ccc(F)cc1. The Morgan fingerprint density at radius 1 is 1.33 bits per heavy atom. The largest absolute Gasteiger partial charge is 0.377 e. The zero-order chi connectivity index (χ0) is 17.3. The molecule has 0 N–H and O–H groups in total. The van der Waals surface area contributed by atoms with Crippen LogP contribution in [0, 0.1) is 19.7 Å². The number of aromatic nitrogens is 2. The topological polar surface area (TPSA) is 47.4 Å². The van der Waals surface area contributed by atoms with Crippen LogP contribution in [0.25, 0.3) is 0 Å². The smallest absolute Gasteiger partial charge is 0.227 e. The van der Waals surface area contributed by atoms with E-state index in [2.05, 4.69) is 5.10 Å². The summed E-state index contributed by atoms with van der Waals surface area (Å²) in [7, 11) is 1.90. The second-order valence-corrected chi connectivity index (χ2v) is 6.19. The van der Waals surface area contributed by atoms with E-state index < -0.39 is 0 Å². The number of hydrogen-bond donors (Lipinski definition) is 0. The molecule has 0 unspecified atom stereocenters. The molecule has 0 radical (unpaired) electrons. The molecule has 2 aromatic rings. The molecule has 0 saturated carbocycles. The Labute approximate surface area is 141 Å². The van der Waals surface area contributed by atoms with Gasteiger partial charge in [-0.25, -0.2) is 4.39 Å². The summed E-state index contributed by atoms with van der Waals surface area (Å²) >= 11 is 0.